The van der Waals surface area contributed by atoms with Crippen molar-refractivity contribution in [2.45, 2.75) is 38.2 Å². The van der Waals surface area contributed by atoms with Crippen LogP contribution in [-0.2, 0) is 0 Å². The van der Waals surface area contributed by atoms with Crippen molar-refractivity contribution in [2.24, 2.45) is 5.92 Å². The zero-order valence-electron chi connectivity index (χ0n) is 9.43. The lowest BCUT2D eigenvalue weighted by molar-refractivity contribution is 0.136. The van der Waals surface area contributed by atoms with E-state index in [1.54, 1.807) is 0 Å². The Morgan fingerprint density at radius 3 is 2.59 bits per heavy atom. The van der Waals surface area contributed by atoms with Gasteiger partial charge in [0.25, 0.3) is 0 Å². The summed E-state index contributed by atoms with van der Waals surface area (Å²) in [6.07, 6.45) is 3.81. The van der Waals surface area contributed by atoms with E-state index < -0.39 is 17.7 Å². The number of rotatable bonds is 3. The molecule has 1 saturated carbocycles. The van der Waals surface area contributed by atoms with Crippen molar-refractivity contribution in [1.29, 1.82) is 0 Å². The van der Waals surface area contributed by atoms with Crippen molar-refractivity contribution in [3.05, 3.63) is 33.8 Å². The average molecular weight is 305 g/mol. The van der Waals surface area contributed by atoms with Crippen LogP contribution in [0.15, 0.2) is 16.6 Å². The average Bonchev–Trinajstić information content (AvgIpc) is 2.77. The summed E-state index contributed by atoms with van der Waals surface area (Å²) in [6.45, 7) is 0. The van der Waals surface area contributed by atoms with E-state index in [1.807, 2.05) is 0 Å². The molecule has 0 radical (unpaired) electrons. The molecular weight excluding hydrogens is 290 g/mol. The molecule has 0 saturated heterocycles. The largest absolute Gasteiger partial charge is 0.388 e. The Kier molecular flexibility index (Phi) is 4.15. The zero-order valence-corrected chi connectivity index (χ0v) is 11.0. The number of hydrogen-bond acceptors (Lipinski definition) is 1. The molecule has 0 aromatic heterocycles. The summed E-state index contributed by atoms with van der Waals surface area (Å²) in [5.74, 6) is -0.963. The smallest absolute Gasteiger partial charge is 0.146 e. The van der Waals surface area contributed by atoms with E-state index in [2.05, 4.69) is 15.9 Å². The molecule has 17 heavy (non-hydrogen) atoms. The first-order valence-electron chi connectivity index (χ1n) is 5.91. The Bertz CT molecular complexity index is 403. The lowest BCUT2D eigenvalue weighted by atomic mass is 9.95. The second-order valence-electron chi connectivity index (χ2n) is 4.66. The van der Waals surface area contributed by atoms with E-state index in [1.165, 1.54) is 12.1 Å². The second kappa shape index (κ2) is 5.44. The first-order chi connectivity index (χ1) is 8.09. The lowest BCUT2D eigenvalue weighted by Crippen LogP contribution is -2.09. The number of aliphatic hydroxyl groups excluding tert-OH is 1. The maximum atomic E-state index is 13.7. The second-order valence-corrected chi connectivity index (χ2v) is 5.51. The van der Waals surface area contributed by atoms with Crippen LogP contribution in [0.3, 0.4) is 0 Å². The van der Waals surface area contributed by atoms with Gasteiger partial charge in [0.15, 0.2) is 0 Å². The third-order valence-corrected chi connectivity index (χ3v) is 4.06. The van der Waals surface area contributed by atoms with Crippen LogP contribution < -0.4 is 0 Å². The van der Waals surface area contributed by atoms with Gasteiger partial charge in [-0.15, -0.1) is 0 Å². The number of halogens is 3. The van der Waals surface area contributed by atoms with Gasteiger partial charge in [0, 0.05) is 0 Å². The maximum Gasteiger partial charge on any atom is 0.146 e. The maximum absolute atomic E-state index is 13.7. The molecule has 0 bridgehead atoms. The van der Waals surface area contributed by atoms with E-state index in [0.717, 1.165) is 25.7 Å². The summed E-state index contributed by atoms with van der Waals surface area (Å²) in [6, 6.07) is 2.50. The first kappa shape index (κ1) is 13.0. The molecule has 1 atom stereocenters. The minimum Gasteiger partial charge on any atom is -0.388 e. The fraction of sp³-hybridized carbons (Fsp3) is 0.538. The van der Waals surface area contributed by atoms with Gasteiger partial charge >= 0.3 is 0 Å². The number of benzene rings is 1. The molecule has 1 N–H and O–H groups in total. The van der Waals surface area contributed by atoms with Gasteiger partial charge < -0.3 is 5.11 Å². The Balaban J connectivity index is 2.17. The molecule has 0 spiro atoms. The van der Waals surface area contributed by atoms with E-state index >= 15 is 0 Å². The van der Waals surface area contributed by atoms with Gasteiger partial charge in [0.1, 0.15) is 11.6 Å². The molecular formula is C13H15BrF2O. The van der Waals surface area contributed by atoms with Crippen molar-refractivity contribution in [3.63, 3.8) is 0 Å². The van der Waals surface area contributed by atoms with Crippen LogP contribution in [-0.4, -0.2) is 5.11 Å². The topological polar surface area (TPSA) is 20.2 Å². The third-order valence-electron chi connectivity index (χ3n) is 3.44. The highest BCUT2D eigenvalue weighted by molar-refractivity contribution is 9.10. The summed E-state index contributed by atoms with van der Waals surface area (Å²) >= 11 is 3.01. The molecule has 4 heteroatoms. The molecule has 1 aromatic rings. The quantitative estimate of drug-likeness (QED) is 0.824. The van der Waals surface area contributed by atoms with Crippen molar-refractivity contribution < 1.29 is 13.9 Å². The molecule has 1 aliphatic carbocycles. The molecule has 1 unspecified atom stereocenters. The zero-order chi connectivity index (χ0) is 12.4. The first-order valence-corrected chi connectivity index (χ1v) is 6.70. The lowest BCUT2D eigenvalue weighted by Gasteiger charge is -2.17. The van der Waals surface area contributed by atoms with Crippen molar-refractivity contribution in [3.8, 4) is 0 Å². The van der Waals surface area contributed by atoms with Gasteiger partial charge in [0.05, 0.1) is 16.1 Å². The number of aliphatic hydroxyl groups is 1. The molecule has 1 aromatic carbocycles. The van der Waals surface area contributed by atoms with Crippen LogP contribution in [0, 0.1) is 17.6 Å². The summed E-state index contributed by atoms with van der Waals surface area (Å²) in [5.41, 5.74) is -0.203. The van der Waals surface area contributed by atoms with Crippen LogP contribution in [0.2, 0.25) is 0 Å². The summed E-state index contributed by atoms with van der Waals surface area (Å²) < 4.78 is 27.5. The molecule has 94 valence electrons. The van der Waals surface area contributed by atoms with Gasteiger partial charge in [0.2, 0.25) is 0 Å². The van der Waals surface area contributed by atoms with Gasteiger partial charge in [-0.1, -0.05) is 25.7 Å². The van der Waals surface area contributed by atoms with Crippen LogP contribution >= 0.6 is 15.9 Å². The van der Waals surface area contributed by atoms with Crippen LogP contribution in [0.1, 0.15) is 43.8 Å². The summed E-state index contributed by atoms with van der Waals surface area (Å²) in [7, 11) is 0. The minimum atomic E-state index is -1.05. The van der Waals surface area contributed by atoms with Crippen molar-refractivity contribution in [1.82, 2.24) is 0 Å². The Morgan fingerprint density at radius 1 is 1.29 bits per heavy atom. The predicted octanol–water partition coefficient (Wildman–Crippen LogP) is 4.34. The van der Waals surface area contributed by atoms with Crippen LogP contribution in [0.25, 0.3) is 0 Å². The minimum absolute atomic E-state index is 0.194. The SMILES string of the molecule is OC(CC1CCCC1)c1c(F)ccc(Br)c1F. The highest BCUT2D eigenvalue weighted by Gasteiger charge is 2.25. The summed E-state index contributed by atoms with van der Waals surface area (Å²) in [5, 5.41) is 9.97. The third kappa shape index (κ3) is 2.86. The fourth-order valence-electron chi connectivity index (χ4n) is 2.53. The monoisotopic (exact) mass is 304 g/mol. The molecule has 1 aliphatic rings. The number of hydrogen-bond donors (Lipinski definition) is 1. The van der Waals surface area contributed by atoms with Gasteiger partial charge in [-0.25, -0.2) is 8.78 Å². The molecule has 1 fully saturated rings. The van der Waals surface area contributed by atoms with Gasteiger partial charge in [-0.2, -0.15) is 0 Å². The standard InChI is InChI=1S/C13H15BrF2O/c14-9-5-6-10(15)12(13(9)16)11(17)7-8-3-1-2-4-8/h5-6,8,11,17H,1-4,7H2. The van der Waals surface area contributed by atoms with E-state index in [9.17, 15) is 13.9 Å². The molecule has 0 aliphatic heterocycles. The normalized spacial score (nSPS) is 18.6. The van der Waals surface area contributed by atoms with Crippen LogP contribution in [0.5, 0.6) is 0 Å². The van der Waals surface area contributed by atoms with E-state index in [-0.39, 0.29) is 10.0 Å². The highest BCUT2D eigenvalue weighted by atomic mass is 79.9. The molecule has 2 rings (SSSR count). The Labute approximate surface area is 108 Å². The highest BCUT2D eigenvalue weighted by Crippen LogP contribution is 2.35. The fourth-order valence-corrected chi connectivity index (χ4v) is 2.87. The Morgan fingerprint density at radius 2 is 1.94 bits per heavy atom. The van der Waals surface area contributed by atoms with Gasteiger partial charge in [-0.3, -0.25) is 0 Å². The Hall–Kier alpha value is -0.480. The van der Waals surface area contributed by atoms with Crippen molar-refractivity contribution >= 4 is 15.9 Å². The predicted molar refractivity (Wildman–Crippen MR) is 65.6 cm³/mol. The van der Waals surface area contributed by atoms with E-state index in [4.69, 9.17) is 0 Å². The van der Waals surface area contributed by atoms with E-state index in [0.29, 0.717) is 12.3 Å². The molecule has 0 heterocycles. The molecule has 1 nitrogen and oxygen atoms in total. The van der Waals surface area contributed by atoms with Crippen molar-refractivity contribution in [2.75, 3.05) is 0 Å². The molecule has 0 amide bonds. The van der Waals surface area contributed by atoms with Crippen LogP contribution in [0.4, 0.5) is 8.78 Å². The van der Waals surface area contributed by atoms with Gasteiger partial charge in [-0.05, 0) is 40.4 Å². The summed E-state index contributed by atoms with van der Waals surface area (Å²) in [4.78, 5) is 0.